The molecule has 0 saturated carbocycles. The van der Waals surface area contributed by atoms with Crippen LogP contribution >= 0.6 is 24.0 Å². The molecule has 0 aromatic heterocycles. The zero-order chi connectivity index (χ0) is 19.5. The molecule has 0 bridgehead atoms. The highest BCUT2D eigenvalue weighted by Gasteiger charge is 2.27. The molecule has 2 saturated heterocycles. The van der Waals surface area contributed by atoms with E-state index < -0.39 is 0 Å². The standard InChI is InChI=1S/C21H44N6.HI/c1-5-25-15-17-26(18-16-25)12-10-7-11-23-20(22-4)24-19-21(2,3)27-13-8-6-9-14-27;/h5-19H2,1-4H3,(H2,22,23,24);1H. The highest BCUT2D eigenvalue weighted by atomic mass is 127. The van der Waals surface area contributed by atoms with Gasteiger partial charge in [0, 0.05) is 51.9 Å². The summed E-state index contributed by atoms with van der Waals surface area (Å²) < 4.78 is 0. The van der Waals surface area contributed by atoms with Gasteiger partial charge in [-0.3, -0.25) is 9.89 Å². The van der Waals surface area contributed by atoms with E-state index in [4.69, 9.17) is 0 Å². The molecule has 28 heavy (non-hydrogen) atoms. The van der Waals surface area contributed by atoms with Gasteiger partial charge in [0.2, 0.25) is 0 Å². The molecule has 2 aliphatic heterocycles. The van der Waals surface area contributed by atoms with Crippen molar-refractivity contribution in [3.8, 4) is 0 Å². The lowest BCUT2D eigenvalue weighted by molar-refractivity contribution is 0.0982. The molecule has 0 radical (unpaired) electrons. The van der Waals surface area contributed by atoms with Gasteiger partial charge in [0.05, 0.1) is 0 Å². The largest absolute Gasteiger partial charge is 0.356 e. The Morgan fingerprint density at radius 2 is 1.54 bits per heavy atom. The summed E-state index contributed by atoms with van der Waals surface area (Å²) in [5.41, 5.74) is 0.179. The van der Waals surface area contributed by atoms with Crippen LogP contribution in [0.5, 0.6) is 0 Å². The van der Waals surface area contributed by atoms with Crippen LogP contribution in [-0.2, 0) is 0 Å². The Balaban J connectivity index is 0.00000392. The lowest BCUT2D eigenvalue weighted by Crippen LogP contribution is -2.54. The van der Waals surface area contributed by atoms with Crippen LogP contribution in [0.4, 0.5) is 0 Å². The lowest BCUT2D eigenvalue weighted by atomic mass is 9.98. The van der Waals surface area contributed by atoms with E-state index in [1.807, 2.05) is 7.05 Å². The summed E-state index contributed by atoms with van der Waals surface area (Å²) in [6, 6.07) is 0. The summed E-state index contributed by atoms with van der Waals surface area (Å²) in [6.45, 7) is 18.7. The predicted molar refractivity (Wildman–Crippen MR) is 132 cm³/mol. The van der Waals surface area contributed by atoms with Gasteiger partial charge in [-0.25, -0.2) is 0 Å². The molecular formula is C21H45IN6. The first-order valence-corrected chi connectivity index (χ1v) is 11.2. The van der Waals surface area contributed by atoms with Crippen molar-refractivity contribution >= 4 is 29.9 Å². The number of nitrogens with zero attached hydrogens (tertiary/aromatic N) is 4. The quantitative estimate of drug-likeness (QED) is 0.217. The van der Waals surface area contributed by atoms with E-state index in [9.17, 15) is 0 Å². The van der Waals surface area contributed by atoms with Crippen molar-refractivity contribution in [2.45, 2.75) is 58.4 Å². The number of hydrogen-bond acceptors (Lipinski definition) is 4. The van der Waals surface area contributed by atoms with Crippen molar-refractivity contribution in [3.05, 3.63) is 0 Å². The molecule has 0 atom stereocenters. The Morgan fingerprint density at radius 3 is 2.14 bits per heavy atom. The Hall–Kier alpha value is -0.120. The number of likely N-dealkylation sites (N-methyl/N-ethyl adjacent to an activating group) is 1. The van der Waals surface area contributed by atoms with Crippen LogP contribution in [0.25, 0.3) is 0 Å². The minimum Gasteiger partial charge on any atom is -0.356 e. The van der Waals surface area contributed by atoms with Gasteiger partial charge in [-0.1, -0.05) is 13.3 Å². The fraction of sp³-hybridized carbons (Fsp3) is 0.952. The number of halogens is 1. The molecule has 6 nitrogen and oxygen atoms in total. The highest BCUT2D eigenvalue weighted by molar-refractivity contribution is 14.0. The van der Waals surface area contributed by atoms with Crippen LogP contribution in [0.2, 0.25) is 0 Å². The molecule has 7 heteroatoms. The minimum absolute atomic E-state index is 0. The van der Waals surface area contributed by atoms with Crippen molar-refractivity contribution in [3.63, 3.8) is 0 Å². The molecule has 0 aliphatic carbocycles. The van der Waals surface area contributed by atoms with E-state index in [0.717, 1.165) is 19.0 Å². The van der Waals surface area contributed by atoms with Gasteiger partial charge in [-0.05, 0) is 65.7 Å². The number of hydrogen-bond donors (Lipinski definition) is 2. The van der Waals surface area contributed by atoms with Crippen molar-refractivity contribution < 1.29 is 0 Å². The third kappa shape index (κ3) is 9.13. The van der Waals surface area contributed by atoms with E-state index in [0.29, 0.717) is 0 Å². The molecular weight excluding hydrogens is 463 g/mol. The van der Waals surface area contributed by atoms with Gasteiger partial charge >= 0.3 is 0 Å². The lowest BCUT2D eigenvalue weighted by Gasteiger charge is -2.41. The maximum Gasteiger partial charge on any atom is 0.191 e. The summed E-state index contributed by atoms with van der Waals surface area (Å²) >= 11 is 0. The van der Waals surface area contributed by atoms with Gasteiger partial charge in [0.1, 0.15) is 0 Å². The van der Waals surface area contributed by atoms with Crippen molar-refractivity contribution in [1.82, 2.24) is 25.3 Å². The third-order valence-electron chi connectivity index (χ3n) is 6.23. The number of likely N-dealkylation sites (tertiary alicyclic amines) is 1. The molecule has 0 aromatic rings. The molecule has 166 valence electrons. The third-order valence-corrected chi connectivity index (χ3v) is 6.23. The fourth-order valence-electron chi connectivity index (χ4n) is 4.13. The van der Waals surface area contributed by atoms with Crippen LogP contribution in [0.15, 0.2) is 4.99 Å². The summed E-state index contributed by atoms with van der Waals surface area (Å²) in [6.07, 6.45) is 6.52. The maximum absolute atomic E-state index is 4.40. The van der Waals surface area contributed by atoms with E-state index in [-0.39, 0.29) is 29.5 Å². The second-order valence-corrected chi connectivity index (χ2v) is 8.70. The Kier molecular flexibility index (Phi) is 12.9. The normalized spacial score (nSPS) is 20.6. The zero-order valence-electron chi connectivity index (χ0n) is 18.8. The van der Waals surface area contributed by atoms with E-state index in [2.05, 4.69) is 51.1 Å². The summed E-state index contributed by atoms with van der Waals surface area (Å²) in [4.78, 5) is 12.2. The first-order valence-electron chi connectivity index (χ1n) is 11.2. The molecule has 0 unspecified atom stereocenters. The van der Waals surface area contributed by atoms with Crippen molar-refractivity contribution in [2.24, 2.45) is 4.99 Å². The molecule has 0 aromatic carbocycles. The van der Waals surface area contributed by atoms with Crippen molar-refractivity contribution in [2.75, 3.05) is 72.5 Å². The molecule has 2 N–H and O–H groups in total. The maximum atomic E-state index is 4.40. The average Bonchev–Trinajstić information content (AvgIpc) is 2.71. The van der Waals surface area contributed by atoms with E-state index in [1.165, 1.54) is 84.5 Å². The van der Waals surface area contributed by atoms with Crippen LogP contribution in [0.1, 0.15) is 52.9 Å². The molecule has 2 aliphatic rings. The van der Waals surface area contributed by atoms with Gasteiger partial charge in [0.25, 0.3) is 0 Å². The molecule has 2 rings (SSSR count). The topological polar surface area (TPSA) is 46.1 Å². The Bertz CT molecular complexity index is 429. The number of aliphatic imine (C=N–C) groups is 1. The summed E-state index contributed by atoms with van der Waals surface area (Å²) in [7, 11) is 1.87. The number of guanidine groups is 1. The van der Waals surface area contributed by atoms with Gasteiger partial charge in [0.15, 0.2) is 5.96 Å². The monoisotopic (exact) mass is 508 g/mol. The van der Waals surface area contributed by atoms with Gasteiger partial charge in [-0.15, -0.1) is 24.0 Å². The number of rotatable bonds is 9. The second-order valence-electron chi connectivity index (χ2n) is 8.70. The number of piperazine rings is 1. The van der Waals surface area contributed by atoms with E-state index in [1.54, 1.807) is 0 Å². The molecule has 2 heterocycles. The number of nitrogens with one attached hydrogen (secondary N) is 2. The zero-order valence-corrected chi connectivity index (χ0v) is 21.1. The van der Waals surface area contributed by atoms with Gasteiger partial charge in [-0.2, -0.15) is 0 Å². The highest BCUT2D eigenvalue weighted by Crippen LogP contribution is 2.19. The average molecular weight is 509 g/mol. The SMILES string of the molecule is CCN1CCN(CCCCNC(=NC)NCC(C)(C)N2CCCCC2)CC1.I. The second kappa shape index (κ2) is 14.0. The van der Waals surface area contributed by atoms with Crippen LogP contribution in [0, 0.1) is 0 Å². The minimum atomic E-state index is 0. The molecule has 2 fully saturated rings. The van der Waals surface area contributed by atoms with Crippen LogP contribution in [0.3, 0.4) is 0 Å². The number of piperidine rings is 1. The van der Waals surface area contributed by atoms with E-state index >= 15 is 0 Å². The Morgan fingerprint density at radius 1 is 0.893 bits per heavy atom. The Labute approximate surface area is 190 Å². The van der Waals surface area contributed by atoms with Crippen LogP contribution < -0.4 is 10.6 Å². The van der Waals surface area contributed by atoms with Gasteiger partial charge < -0.3 is 20.4 Å². The summed E-state index contributed by atoms with van der Waals surface area (Å²) in [5, 5.41) is 7.03. The first kappa shape index (κ1) is 25.9. The van der Waals surface area contributed by atoms with Crippen molar-refractivity contribution in [1.29, 1.82) is 0 Å². The smallest absolute Gasteiger partial charge is 0.191 e. The fourth-order valence-corrected chi connectivity index (χ4v) is 4.13. The summed E-state index contributed by atoms with van der Waals surface area (Å²) in [5.74, 6) is 0.941. The van der Waals surface area contributed by atoms with Crippen LogP contribution in [-0.4, -0.2) is 98.7 Å². The number of unbranched alkanes of at least 4 members (excludes halogenated alkanes) is 1. The predicted octanol–water partition coefficient (Wildman–Crippen LogP) is 2.45. The molecule has 0 spiro atoms. The first-order chi connectivity index (χ1) is 13.0. The molecule has 0 amide bonds.